The zero-order chi connectivity index (χ0) is 29.9. The molecule has 2 aromatic rings. The standard InChI is InChI=1S/C16H26S2Se2.C5H5.CH2Cl2.CO.F6P.Fe.Ni/c1-15(2,11-19)17-9-13-7-5-6-8-14(13)10-18-16(3,4)12-20;1-2-4-5-3-1;2-1-3;1-2;1-7(2,3,4,5)6;;/h5-8,19-20H,9-12H2,1-4H3;1-5H;1H2;;;;/q;-1;;;-1;2*+2/p-2. The predicted molar refractivity (Wildman–Crippen MR) is 154 cm³/mol. The van der Waals surface area contributed by atoms with Crippen molar-refractivity contribution in [3.63, 3.8) is 0 Å². The zero-order valence-corrected chi connectivity index (χ0v) is 31.0. The molecule has 0 aromatic heterocycles. The van der Waals surface area contributed by atoms with Crippen LogP contribution in [-0.4, -0.2) is 46.9 Å². The summed E-state index contributed by atoms with van der Waals surface area (Å²) in [5.74, 6) is 2.20. The quantitative estimate of drug-likeness (QED) is 0.0658. The van der Waals surface area contributed by atoms with Crippen molar-refractivity contribution in [3.8, 4) is 0 Å². The number of thioether (sulfide) groups is 2. The fourth-order valence-corrected chi connectivity index (χ4v) is 4.66. The SMILES string of the molecule is CC(C)(C[Se-])SCc1ccccc1CSC(C)(C)C[Se-].ClCCl.F[P-](F)(F)(F)(F)F.[C-]#[O+].[Fe+2].[Ni+2].c1cc[cH-]c1. The Balaban J connectivity index is -0.000000167. The van der Waals surface area contributed by atoms with Gasteiger partial charge in [-0.1, -0.05) is 0 Å². The molecule has 0 spiro atoms. The van der Waals surface area contributed by atoms with Gasteiger partial charge in [-0.15, -0.1) is 23.2 Å². The van der Waals surface area contributed by atoms with E-state index in [1.807, 2.05) is 53.9 Å². The van der Waals surface area contributed by atoms with E-state index in [0.717, 1.165) is 22.1 Å². The maximum atomic E-state index is 9.87. The van der Waals surface area contributed by atoms with Gasteiger partial charge in [-0.2, -0.15) is 18.2 Å². The molecule has 232 valence electrons. The van der Waals surface area contributed by atoms with Crippen LogP contribution in [0.1, 0.15) is 38.8 Å². The molecule has 39 heavy (non-hydrogen) atoms. The summed E-state index contributed by atoms with van der Waals surface area (Å²) in [6, 6.07) is 18.9. The molecular formula is C23H31Cl2F6FeNiOPS2Se2. The molecule has 0 unspecified atom stereocenters. The maximum absolute atomic E-state index is 10.7. The van der Waals surface area contributed by atoms with Crippen LogP contribution >= 0.6 is 54.5 Å². The average molecular weight is 876 g/mol. The van der Waals surface area contributed by atoms with Crippen molar-refractivity contribution in [1.29, 1.82) is 0 Å². The molecule has 0 aliphatic rings. The first kappa shape index (κ1) is 50.3. The molecule has 0 heterocycles. The molecule has 0 saturated carbocycles. The molecule has 0 atom stereocenters. The van der Waals surface area contributed by atoms with E-state index in [9.17, 15) is 25.2 Å². The van der Waals surface area contributed by atoms with Gasteiger partial charge in [0, 0.05) is 0 Å². The predicted octanol–water partition coefficient (Wildman–Crippen LogP) is 11.1. The second kappa shape index (κ2) is 23.1. The topological polar surface area (TPSA) is 19.9 Å². The molecule has 1 nitrogen and oxygen atoms in total. The Morgan fingerprint density at radius 2 is 1.05 bits per heavy atom. The first-order valence-corrected chi connectivity index (χ1v) is 17.7. The molecule has 0 aliphatic carbocycles. The van der Waals surface area contributed by atoms with E-state index >= 15 is 0 Å². The molecular weight excluding hydrogens is 845 g/mol. The summed E-state index contributed by atoms with van der Waals surface area (Å²) >= 11 is 19.9. The Bertz CT molecular complexity index is 800. The Morgan fingerprint density at radius 1 is 0.795 bits per heavy atom. The van der Waals surface area contributed by atoms with E-state index in [2.05, 4.69) is 90.6 Å². The Hall–Kier alpha value is 1.65. The van der Waals surface area contributed by atoms with Gasteiger partial charge in [0.25, 0.3) is 0 Å². The van der Waals surface area contributed by atoms with Crippen molar-refractivity contribution >= 4 is 86.6 Å². The number of hydrogen-bond donors (Lipinski definition) is 0. The molecule has 0 saturated heterocycles. The summed E-state index contributed by atoms with van der Waals surface area (Å²) in [5, 5.41) is 2.38. The molecule has 16 heteroatoms. The summed E-state index contributed by atoms with van der Waals surface area (Å²) in [7, 11) is -10.7. The largest absolute Gasteiger partial charge is 2.00 e. The third kappa shape index (κ3) is 44.2. The second-order valence-corrected chi connectivity index (χ2v) is 15.5. The van der Waals surface area contributed by atoms with Gasteiger partial charge in [0.1, 0.15) is 0 Å². The van der Waals surface area contributed by atoms with Crippen molar-refractivity contribution in [2.45, 2.75) is 59.3 Å². The summed E-state index contributed by atoms with van der Waals surface area (Å²) in [4.78, 5) is 0. The van der Waals surface area contributed by atoms with Crippen molar-refractivity contribution < 1.29 is 63.4 Å². The molecule has 2 aromatic carbocycles. The monoisotopic (exact) mass is 876 g/mol. The Kier molecular flexibility index (Phi) is 29.8. The van der Waals surface area contributed by atoms with Crippen LogP contribution in [-0.2, 0) is 49.7 Å². The van der Waals surface area contributed by atoms with Crippen molar-refractivity contribution in [3.05, 3.63) is 72.4 Å². The molecule has 0 amide bonds. The van der Waals surface area contributed by atoms with E-state index in [-0.39, 0.29) is 38.9 Å². The summed E-state index contributed by atoms with van der Waals surface area (Å²) in [6.45, 7) is 13.7. The number of benzene rings is 1. The van der Waals surface area contributed by atoms with Crippen LogP contribution in [0.2, 0.25) is 10.6 Å². The number of alkyl halides is 2. The molecule has 0 aliphatic heterocycles. The normalized spacial score (nSPS) is 12.2. The van der Waals surface area contributed by atoms with Crippen molar-refractivity contribution in [2.24, 2.45) is 0 Å². The van der Waals surface area contributed by atoms with Gasteiger partial charge in [-0.05, 0) is 0 Å². The summed E-state index contributed by atoms with van der Waals surface area (Å²) < 4.78 is 67.3. The zero-order valence-electron chi connectivity index (χ0n) is 21.4. The minimum atomic E-state index is -10.7. The van der Waals surface area contributed by atoms with Crippen LogP contribution in [0.4, 0.5) is 25.2 Å². The Labute approximate surface area is 284 Å². The average Bonchev–Trinajstić information content (AvgIpc) is 3.37. The second-order valence-electron chi connectivity index (χ2n) is 8.18. The van der Waals surface area contributed by atoms with Crippen LogP contribution in [0.25, 0.3) is 0 Å². The van der Waals surface area contributed by atoms with Gasteiger partial charge in [0.05, 0.1) is 5.34 Å². The van der Waals surface area contributed by atoms with Gasteiger partial charge >= 0.3 is 228 Å². The third-order valence-electron chi connectivity index (χ3n) is 3.61. The summed E-state index contributed by atoms with van der Waals surface area (Å²) in [5.41, 5.74) is 2.98. The van der Waals surface area contributed by atoms with Crippen LogP contribution in [0.15, 0.2) is 54.6 Å². The van der Waals surface area contributed by atoms with E-state index in [0.29, 0.717) is 9.49 Å². The molecule has 0 radical (unpaired) electrons. The number of halogens is 8. The van der Waals surface area contributed by atoms with Crippen LogP contribution in [0, 0.1) is 6.65 Å². The Morgan fingerprint density at radius 3 is 1.23 bits per heavy atom. The maximum Gasteiger partial charge on any atom is 2.00 e. The molecule has 0 N–H and O–H groups in total. The van der Waals surface area contributed by atoms with Gasteiger partial charge in [-0.3, -0.25) is 0 Å². The smallest absolute Gasteiger partial charge is 0.214 e. The molecule has 0 fully saturated rings. The van der Waals surface area contributed by atoms with Gasteiger partial charge in [0.15, 0.2) is 0 Å². The number of rotatable bonds is 8. The number of hydrogen-bond acceptors (Lipinski definition) is 2. The van der Waals surface area contributed by atoms with E-state index in [1.54, 1.807) is 0 Å². The summed E-state index contributed by atoms with van der Waals surface area (Å²) in [6.07, 6.45) is 0. The van der Waals surface area contributed by atoms with Gasteiger partial charge < -0.3 is 0 Å². The van der Waals surface area contributed by atoms with E-state index in [1.165, 1.54) is 11.1 Å². The van der Waals surface area contributed by atoms with Gasteiger partial charge in [-0.25, -0.2) is 12.1 Å². The minimum Gasteiger partial charge on any atom is -0.214 e. The molecule has 0 bridgehead atoms. The fourth-order valence-electron chi connectivity index (χ4n) is 1.79. The first-order valence-electron chi connectivity index (χ1n) is 10.2. The van der Waals surface area contributed by atoms with Crippen LogP contribution < -0.4 is 0 Å². The third-order valence-corrected chi connectivity index (χ3v) is 10.2. The van der Waals surface area contributed by atoms with Crippen molar-refractivity contribution in [2.75, 3.05) is 5.34 Å². The molecule has 2 rings (SSSR count). The fraction of sp³-hybridized carbons (Fsp3) is 0.478. The van der Waals surface area contributed by atoms with Crippen LogP contribution in [0.3, 0.4) is 0 Å². The van der Waals surface area contributed by atoms with Crippen LogP contribution in [0.5, 0.6) is 0 Å². The van der Waals surface area contributed by atoms with Crippen molar-refractivity contribution in [1.82, 2.24) is 0 Å². The first-order chi connectivity index (χ1) is 16.7. The van der Waals surface area contributed by atoms with E-state index in [4.69, 9.17) is 27.9 Å². The minimum absolute atomic E-state index is 0. The van der Waals surface area contributed by atoms with E-state index < -0.39 is 7.81 Å². The van der Waals surface area contributed by atoms with Gasteiger partial charge in [0.2, 0.25) is 0 Å².